The van der Waals surface area contributed by atoms with Crippen LogP contribution in [0.2, 0.25) is 10.0 Å². The quantitative estimate of drug-likeness (QED) is 0.627. The molecule has 2 aromatic heterocycles. The Morgan fingerprint density at radius 2 is 2.05 bits per heavy atom. The molecule has 4 rings (SSSR count). The van der Waals surface area contributed by atoms with Gasteiger partial charge in [0.15, 0.2) is 0 Å². The summed E-state index contributed by atoms with van der Waals surface area (Å²) < 4.78 is 2.16. The molecule has 1 aromatic carbocycles. The van der Waals surface area contributed by atoms with Gasteiger partial charge in [0.2, 0.25) is 0 Å². The van der Waals surface area contributed by atoms with Gasteiger partial charge < -0.3 is 4.57 Å². The number of fused-ring (bicyclic) bond motifs is 5. The van der Waals surface area contributed by atoms with E-state index in [1.165, 1.54) is 11.3 Å². The highest BCUT2D eigenvalue weighted by Gasteiger charge is 2.25. The van der Waals surface area contributed by atoms with E-state index in [1.54, 1.807) is 12.4 Å². The maximum Gasteiger partial charge on any atom is 0.116 e. The molecule has 0 atom stereocenters. The van der Waals surface area contributed by atoms with Gasteiger partial charge >= 0.3 is 0 Å². The number of nitrogens with zero attached hydrogens (tertiary/aromatic N) is 3. The molecule has 100 valence electrons. The lowest BCUT2D eigenvalue weighted by molar-refractivity contribution is 0.802. The van der Waals surface area contributed by atoms with Crippen LogP contribution in [0, 0.1) is 0 Å². The van der Waals surface area contributed by atoms with Crippen LogP contribution in [0.5, 0.6) is 0 Å². The molecule has 3 nitrogen and oxygen atoms in total. The topological polar surface area (TPSA) is 30.7 Å². The molecule has 0 saturated carbocycles. The Morgan fingerprint density at radius 3 is 2.90 bits per heavy atom. The fourth-order valence-corrected chi connectivity index (χ4v) is 3.75. The SMILES string of the molecule is Cn1c2c(c3cc(Cl)cc(Cl)c31)-c1ncncc1CC2. The van der Waals surface area contributed by atoms with Crippen molar-refractivity contribution in [3.63, 3.8) is 0 Å². The summed E-state index contributed by atoms with van der Waals surface area (Å²) in [5.41, 5.74) is 5.62. The summed E-state index contributed by atoms with van der Waals surface area (Å²) in [6, 6.07) is 3.76. The lowest BCUT2D eigenvalue weighted by Gasteiger charge is -2.16. The molecule has 0 spiro atoms. The van der Waals surface area contributed by atoms with Crippen LogP contribution in [0.15, 0.2) is 24.7 Å². The van der Waals surface area contributed by atoms with Crippen LogP contribution < -0.4 is 0 Å². The highest BCUT2D eigenvalue weighted by Crippen LogP contribution is 2.42. The third-order valence-electron chi connectivity index (χ3n) is 3.98. The Hall–Kier alpha value is -1.58. The predicted molar refractivity (Wildman–Crippen MR) is 81.4 cm³/mol. The number of hydrogen-bond donors (Lipinski definition) is 0. The summed E-state index contributed by atoms with van der Waals surface area (Å²) in [4.78, 5) is 8.60. The van der Waals surface area contributed by atoms with E-state index in [1.807, 2.05) is 19.3 Å². The lowest BCUT2D eigenvalue weighted by atomic mass is 9.93. The molecule has 2 heterocycles. The van der Waals surface area contributed by atoms with Gasteiger partial charge in [-0.25, -0.2) is 9.97 Å². The zero-order chi connectivity index (χ0) is 13.9. The van der Waals surface area contributed by atoms with Crippen LogP contribution in [0.4, 0.5) is 0 Å². The van der Waals surface area contributed by atoms with Gasteiger partial charge in [-0.3, -0.25) is 0 Å². The molecular weight excluding hydrogens is 293 g/mol. The minimum atomic E-state index is 0.650. The largest absolute Gasteiger partial charge is 0.346 e. The molecular formula is C15H11Cl2N3. The van der Waals surface area contributed by atoms with Crippen LogP contribution in [0.25, 0.3) is 22.2 Å². The van der Waals surface area contributed by atoms with Crippen molar-refractivity contribution < 1.29 is 0 Å². The average molecular weight is 304 g/mol. The van der Waals surface area contributed by atoms with E-state index in [9.17, 15) is 0 Å². The smallest absolute Gasteiger partial charge is 0.116 e. The van der Waals surface area contributed by atoms with Crippen molar-refractivity contribution in [2.24, 2.45) is 7.05 Å². The molecule has 0 fully saturated rings. The number of aromatic nitrogens is 3. The van der Waals surface area contributed by atoms with Gasteiger partial charge in [0, 0.05) is 34.9 Å². The van der Waals surface area contributed by atoms with E-state index < -0.39 is 0 Å². The zero-order valence-corrected chi connectivity index (χ0v) is 12.3. The first-order valence-corrected chi connectivity index (χ1v) is 7.18. The van der Waals surface area contributed by atoms with E-state index in [-0.39, 0.29) is 0 Å². The van der Waals surface area contributed by atoms with Gasteiger partial charge in [-0.05, 0) is 30.5 Å². The monoisotopic (exact) mass is 303 g/mol. The molecule has 0 saturated heterocycles. The molecule has 0 radical (unpaired) electrons. The second-order valence-corrected chi connectivity index (χ2v) is 5.90. The number of rotatable bonds is 0. The van der Waals surface area contributed by atoms with Gasteiger partial charge in [0.25, 0.3) is 0 Å². The predicted octanol–water partition coefficient (Wildman–Crippen LogP) is 4.04. The molecule has 0 bridgehead atoms. The van der Waals surface area contributed by atoms with Crippen LogP contribution in [-0.2, 0) is 19.9 Å². The Kier molecular flexibility index (Phi) is 2.56. The van der Waals surface area contributed by atoms with Gasteiger partial charge in [0.05, 0.1) is 16.2 Å². The highest BCUT2D eigenvalue weighted by molar-refractivity contribution is 6.39. The summed E-state index contributed by atoms with van der Waals surface area (Å²) >= 11 is 12.6. The van der Waals surface area contributed by atoms with E-state index in [0.29, 0.717) is 10.0 Å². The summed E-state index contributed by atoms with van der Waals surface area (Å²) in [5, 5.41) is 2.40. The molecule has 0 unspecified atom stereocenters. The minimum Gasteiger partial charge on any atom is -0.346 e. The maximum absolute atomic E-state index is 6.38. The Balaban J connectivity index is 2.20. The Labute approximate surface area is 126 Å². The van der Waals surface area contributed by atoms with Gasteiger partial charge in [-0.2, -0.15) is 0 Å². The van der Waals surface area contributed by atoms with Crippen molar-refractivity contribution >= 4 is 34.1 Å². The third-order valence-corrected chi connectivity index (χ3v) is 4.49. The van der Waals surface area contributed by atoms with Crippen LogP contribution in [0.1, 0.15) is 11.3 Å². The van der Waals surface area contributed by atoms with Crippen molar-refractivity contribution in [2.45, 2.75) is 12.8 Å². The lowest BCUT2D eigenvalue weighted by Crippen LogP contribution is -2.08. The molecule has 1 aliphatic carbocycles. The highest BCUT2D eigenvalue weighted by atomic mass is 35.5. The van der Waals surface area contributed by atoms with Crippen LogP contribution >= 0.6 is 23.2 Å². The fourth-order valence-electron chi connectivity index (χ4n) is 3.13. The van der Waals surface area contributed by atoms with Crippen LogP contribution in [-0.4, -0.2) is 14.5 Å². The number of halogens is 2. The van der Waals surface area contributed by atoms with Gasteiger partial charge in [-0.15, -0.1) is 0 Å². The summed E-state index contributed by atoms with van der Waals surface area (Å²) in [5.74, 6) is 0. The summed E-state index contributed by atoms with van der Waals surface area (Å²) in [7, 11) is 2.05. The molecule has 0 N–H and O–H groups in total. The molecule has 0 amide bonds. The van der Waals surface area contributed by atoms with Gasteiger partial charge in [-0.1, -0.05) is 23.2 Å². The Bertz CT molecular complexity index is 852. The number of benzene rings is 1. The van der Waals surface area contributed by atoms with Crippen molar-refractivity contribution in [1.29, 1.82) is 0 Å². The number of hydrogen-bond acceptors (Lipinski definition) is 2. The second kappa shape index (κ2) is 4.21. The first-order valence-electron chi connectivity index (χ1n) is 6.42. The minimum absolute atomic E-state index is 0.650. The van der Waals surface area contributed by atoms with Crippen molar-refractivity contribution in [2.75, 3.05) is 0 Å². The fraction of sp³-hybridized carbons (Fsp3) is 0.200. The average Bonchev–Trinajstić information content (AvgIpc) is 2.72. The summed E-state index contributed by atoms with van der Waals surface area (Å²) in [6.45, 7) is 0. The normalized spacial score (nSPS) is 13.3. The molecule has 5 heteroatoms. The van der Waals surface area contributed by atoms with Gasteiger partial charge in [0.1, 0.15) is 6.33 Å². The zero-order valence-electron chi connectivity index (χ0n) is 10.8. The van der Waals surface area contributed by atoms with E-state index in [2.05, 4.69) is 14.5 Å². The first kappa shape index (κ1) is 12.2. The van der Waals surface area contributed by atoms with E-state index >= 15 is 0 Å². The molecule has 0 aliphatic heterocycles. The first-order chi connectivity index (χ1) is 9.66. The maximum atomic E-state index is 6.38. The van der Waals surface area contributed by atoms with Crippen molar-refractivity contribution in [3.8, 4) is 11.3 Å². The summed E-state index contributed by atoms with van der Waals surface area (Å²) in [6.07, 6.45) is 5.42. The van der Waals surface area contributed by atoms with E-state index in [0.717, 1.165) is 35.0 Å². The van der Waals surface area contributed by atoms with Crippen LogP contribution in [0.3, 0.4) is 0 Å². The standard InChI is InChI=1S/C15H11Cl2N3/c1-20-12-3-2-8-6-18-7-19-14(8)13(12)10-4-9(16)5-11(17)15(10)20/h4-7H,2-3H2,1H3. The molecule has 3 aromatic rings. The molecule has 1 aliphatic rings. The van der Waals surface area contributed by atoms with Crippen molar-refractivity contribution in [3.05, 3.63) is 46.0 Å². The van der Waals surface area contributed by atoms with Crippen molar-refractivity contribution in [1.82, 2.24) is 14.5 Å². The third kappa shape index (κ3) is 1.54. The second-order valence-electron chi connectivity index (χ2n) is 5.06. The Morgan fingerprint density at radius 1 is 1.20 bits per heavy atom. The molecule has 20 heavy (non-hydrogen) atoms. The van der Waals surface area contributed by atoms with E-state index in [4.69, 9.17) is 23.2 Å². The number of aryl methyl sites for hydroxylation is 2.